The number of ether oxygens (including phenoxy) is 1. The van der Waals surface area contributed by atoms with E-state index in [9.17, 15) is 4.79 Å². The molecule has 1 aliphatic rings. The number of amides is 1. The number of nitrogens with two attached hydrogens (primary N) is 1. The zero-order valence-corrected chi connectivity index (χ0v) is 14.6. The molecule has 1 heterocycles. The van der Waals surface area contributed by atoms with E-state index >= 15 is 0 Å². The Bertz CT molecular complexity index is 714. The molecule has 2 aromatic rings. The highest BCUT2D eigenvalue weighted by atomic mass is 35.5. The van der Waals surface area contributed by atoms with Crippen molar-refractivity contribution in [2.45, 2.75) is 12.5 Å². The Morgan fingerprint density at radius 2 is 2.00 bits per heavy atom. The van der Waals surface area contributed by atoms with Crippen molar-refractivity contribution in [3.8, 4) is 0 Å². The van der Waals surface area contributed by atoms with Crippen LogP contribution in [0.5, 0.6) is 0 Å². The average Bonchev–Trinajstić information content (AvgIpc) is 2.55. The molecule has 1 saturated heterocycles. The topological polar surface area (TPSA) is 55.6 Å². The molecule has 0 aliphatic carbocycles. The quantitative estimate of drug-likeness (QED) is 0.845. The Kier molecular flexibility index (Phi) is 5.29. The summed E-state index contributed by atoms with van der Waals surface area (Å²) < 4.78 is 5.80. The maximum Gasteiger partial charge on any atom is 0.257 e. The lowest BCUT2D eigenvalue weighted by Gasteiger charge is -2.33. The second-order valence-corrected chi connectivity index (χ2v) is 6.63. The summed E-state index contributed by atoms with van der Waals surface area (Å²) in [4.78, 5) is 14.6. The van der Waals surface area contributed by atoms with Gasteiger partial charge in [-0.2, -0.15) is 0 Å². The standard InChI is InChI=1S/C18H18Cl2N2O2/c19-13-9-15(20)17(16(21)10-13)18(23)22-6-7-24-14(11-22)8-12-4-2-1-3-5-12/h1-5,9-10,14H,6-8,11,21H2. The molecule has 2 N–H and O–H groups in total. The number of nitrogens with zero attached hydrogens (tertiary/aromatic N) is 1. The summed E-state index contributed by atoms with van der Waals surface area (Å²) in [5, 5.41) is 0.689. The van der Waals surface area contributed by atoms with E-state index in [0.717, 1.165) is 6.42 Å². The molecule has 2 aromatic carbocycles. The van der Waals surface area contributed by atoms with Gasteiger partial charge in [0.05, 0.1) is 23.3 Å². The number of carbonyl (C=O) groups is 1. The fraction of sp³-hybridized carbons (Fsp3) is 0.278. The molecule has 3 rings (SSSR count). The lowest BCUT2D eigenvalue weighted by atomic mass is 10.1. The Balaban J connectivity index is 1.74. The second-order valence-electron chi connectivity index (χ2n) is 5.79. The van der Waals surface area contributed by atoms with Crippen molar-refractivity contribution in [3.05, 3.63) is 63.6 Å². The fourth-order valence-electron chi connectivity index (χ4n) is 2.88. The number of benzene rings is 2. The largest absolute Gasteiger partial charge is 0.398 e. The van der Waals surface area contributed by atoms with Crippen molar-refractivity contribution in [3.63, 3.8) is 0 Å². The van der Waals surface area contributed by atoms with Gasteiger partial charge < -0.3 is 15.4 Å². The van der Waals surface area contributed by atoms with Crippen LogP contribution in [0.3, 0.4) is 0 Å². The molecule has 0 bridgehead atoms. The van der Waals surface area contributed by atoms with Crippen LogP contribution < -0.4 is 5.73 Å². The van der Waals surface area contributed by atoms with Crippen LogP contribution in [0.25, 0.3) is 0 Å². The van der Waals surface area contributed by atoms with Crippen LogP contribution in [-0.2, 0) is 11.2 Å². The third kappa shape index (κ3) is 3.83. The van der Waals surface area contributed by atoms with Gasteiger partial charge in [0, 0.05) is 30.2 Å². The van der Waals surface area contributed by atoms with Gasteiger partial charge in [-0.15, -0.1) is 0 Å². The summed E-state index contributed by atoms with van der Waals surface area (Å²) in [7, 11) is 0. The van der Waals surface area contributed by atoms with E-state index in [1.54, 1.807) is 11.0 Å². The van der Waals surface area contributed by atoms with Crippen molar-refractivity contribution in [2.75, 3.05) is 25.4 Å². The van der Waals surface area contributed by atoms with Gasteiger partial charge in [-0.05, 0) is 17.7 Å². The van der Waals surface area contributed by atoms with E-state index in [-0.39, 0.29) is 17.0 Å². The highest BCUT2D eigenvalue weighted by Crippen LogP contribution is 2.29. The Morgan fingerprint density at radius 3 is 2.71 bits per heavy atom. The van der Waals surface area contributed by atoms with Gasteiger partial charge in [0.15, 0.2) is 0 Å². The number of hydrogen-bond donors (Lipinski definition) is 1. The van der Waals surface area contributed by atoms with Gasteiger partial charge in [0.2, 0.25) is 0 Å². The number of carbonyl (C=O) groups excluding carboxylic acids is 1. The lowest BCUT2D eigenvalue weighted by Crippen LogP contribution is -2.46. The molecule has 1 atom stereocenters. The zero-order chi connectivity index (χ0) is 17.1. The highest BCUT2D eigenvalue weighted by molar-refractivity contribution is 6.37. The molecular formula is C18H18Cl2N2O2. The van der Waals surface area contributed by atoms with E-state index < -0.39 is 0 Å². The first-order chi connectivity index (χ1) is 11.5. The van der Waals surface area contributed by atoms with E-state index in [0.29, 0.717) is 36.0 Å². The van der Waals surface area contributed by atoms with Gasteiger partial charge in [-0.3, -0.25) is 4.79 Å². The van der Waals surface area contributed by atoms with E-state index in [4.69, 9.17) is 33.7 Å². The smallest absolute Gasteiger partial charge is 0.257 e. The molecule has 0 spiro atoms. The fourth-order valence-corrected chi connectivity index (χ4v) is 3.47. The van der Waals surface area contributed by atoms with Crippen LogP contribution in [0.4, 0.5) is 5.69 Å². The van der Waals surface area contributed by atoms with Crippen LogP contribution >= 0.6 is 23.2 Å². The number of nitrogen functional groups attached to an aromatic ring is 1. The number of anilines is 1. The summed E-state index contributed by atoms with van der Waals surface area (Å²) in [6, 6.07) is 13.2. The third-order valence-electron chi connectivity index (χ3n) is 4.03. The van der Waals surface area contributed by atoms with Crippen LogP contribution in [0.2, 0.25) is 10.0 Å². The first-order valence-corrected chi connectivity index (χ1v) is 8.49. The molecule has 6 heteroatoms. The minimum atomic E-state index is -0.185. The molecule has 4 nitrogen and oxygen atoms in total. The van der Waals surface area contributed by atoms with E-state index in [1.165, 1.54) is 11.6 Å². The summed E-state index contributed by atoms with van der Waals surface area (Å²) in [5.74, 6) is -0.185. The highest BCUT2D eigenvalue weighted by Gasteiger charge is 2.27. The third-order valence-corrected chi connectivity index (χ3v) is 4.55. The minimum absolute atomic E-state index is 0.0441. The number of hydrogen-bond acceptors (Lipinski definition) is 3. The molecule has 1 unspecified atom stereocenters. The molecule has 0 radical (unpaired) electrons. The molecular weight excluding hydrogens is 347 g/mol. The molecule has 24 heavy (non-hydrogen) atoms. The van der Waals surface area contributed by atoms with Crippen LogP contribution in [-0.4, -0.2) is 36.6 Å². The maximum absolute atomic E-state index is 12.8. The minimum Gasteiger partial charge on any atom is -0.398 e. The molecule has 1 aliphatic heterocycles. The predicted molar refractivity (Wildman–Crippen MR) is 96.7 cm³/mol. The van der Waals surface area contributed by atoms with Crippen molar-refractivity contribution >= 4 is 34.8 Å². The number of morpholine rings is 1. The molecule has 0 aromatic heterocycles. The van der Waals surface area contributed by atoms with E-state index in [2.05, 4.69) is 12.1 Å². The Morgan fingerprint density at radius 1 is 1.25 bits per heavy atom. The van der Waals surface area contributed by atoms with Gasteiger partial charge in [-0.25, -0.2) is 0 Å². The van der Waals surface area contributed by atoms with Gasteiger partial charge >= 0.3 is 0 Å². The van der Waals surface area contributed by atoms with Crippen molar-refractivity contribution in [1.29, 1.82) is 0 Å². The lowest BCUT2D eigenvalue weighted by molar-refractivity contribution is -0.0207. The van der Waals surface area contributed by atoms with Crippen molar-refractivity contribution < 1.29 is 9.53 Å². The summed E-state index contributed by atoms with van der Waals surface area (Å²) in [6.07, 6.45) is 0.714. The normalized spacial score (nSPS) is 17.8. The first-order valence-electron chi connectivity index (χ1n) is 7.74. The predicted octanol–water partition coefficient (Wildman–Crippen LogP) is 3.66. The van der Waals surface area contributed by atoms with E-state index in [1.807, 2.05) is 18.2 Å². The van der Waals surface area contributed by atoms with Crippen LogP contribution in [0.15, 0.2) is 42.5 Å². The molecule has 1 fully saturated rings. The van der Waals surface area contributed by atoms with Crippen LogP contribution in [0, 0.1) is 0 Å². The SMILES string of the molecule is Nc1cc(Cl)cc(Cl)c1C(=O)N1CCOC(Cc2ccccc2)C1. The van der Waals surface area contributed by atoms with Gasteiger partial charge in [-0.1, -0.05) is 53.5 Å². The van der Waals surface area contributed by atoms with Crippen molar-refractivity contribution in [2.24, 2.45) is 0 Å². The van der Waals surface area contributed by atoms with Crippen molar-refractivity contribution in [1.82, 2.24) is 4.90 Å². The maximum atomic E-state index is 12.8. The average molecular weight is 365 g/mol. The number of rotatable bonds is 3. The summed E-state index contributed by atoms with van der Waals surface area (Å²) in [5.41, 5.74) is 7.72. The first kappa shape index (κ1) is 17.1. The van der Waals surface area contributed by atoms with Gasteiger partial charge in [0.25, 0.3) is 5.91 Å². The summed E-state index contributed by atoms with van der Waals surface area (Å²) in [6.45, 7) is 1.52. The second kappa shape index (κ2) is 7.43. The van der Waals surface area contributed by atoms with Gasteiger partial charge in [0.1, 0.15) is 0 Å². The Hall–Kier alpha value is -1.75. The molecule has 126 valence electrons. The zero-order valence-electron chi connectivity index (χ0n) is 13.0. The number of halogens is 2. The Labute approximate surface area is 151 Å². The molecule has 0 saturated carbocycles. The molecule has 1 amide bonds. The monoisotopic (exact) mass is 364 g/mol. The van der Waals surface area contributed by atoms with Crippen LogP contribution in [0.1, 0.15) is 15.9 Å². The summed E-state index contributed by atoms with van der Waals surface area (Å²) >= 11 is 12.1.